The highest BCUT2D eigenvalue weighted by atomic mass is 35.5. The van der Waals surface area contributed by atoms with E-state index in [0.717, 1.165) is 29.5 Å². The predicted molar refractivity (Wildman–Crippen MR) is 87.1 cm³/mol. The highest BCUT2D eigenvalue weighted by Gasteiger charge is 2.16. The maximum atomic E-state index is 6.29. The van der Waals surface area contributed by atoms with E-state index in [9.17, 15) is 0 Å². The molecule has 20 heavy (non-hydrogen) atoms. The molecule has 1 aromatic rings. The summed E-state index contributed by atoms with van der Waals surface area (Å²) in [4.78, 5) is 2.58. The summed E-state index contributed by atoms with van der Waals surface area (Å²) in [5.41, 5.74) is 7.44. The van der Waals surface area contributed by atoms with Gasteiger partial charge in [-0.15, -0.1) is 0 Å². The molecule has 2 rings (SSSR count). The van der Waals surface area contributed by atoms with Crippen LogP contribution in [-0.2, 0) is 0 Å². The summed E-state index contributed by atoms with van der Waals surface area (Å²) < 4.78 is 0. The number of hydrogen-bond acceptors (Lipinski definition) is 2. The number of hydrogen-bond donors (Lipinski definition) is 1. The summed E-state index contributed by atoms with van der Waals surface area (Å²) in [6, 6.07) is 8.04. The van der Waals surface area contributed by atoms with Crippen molar-refractivity contribution in [2.75, 3.05) is 19.6 Å². The molecule has 2 nitrogen and oxygen atoms in total. The Balaban J connectivity index is 1.79. The highest BCUT2D eigenvalue weighted by Crippen LogP contribution is 2.22. The third-order valence-corrected chi connectivity index (χ3v) is 4.79. The maximum Gasteiger partial charge on any atom is 0.0409 e. The van der Waals surface area contributed by atoms with E-state index >= 15 is 0 Å². The van der Waals surface area contributed by atoms with Gasteiger partial charge in [0.05, 0.1) is 0 Å². The van der Waals surface area contributed by atoms with Crippen molar-refractivity contribution < 1.29 is 0 Å². The van der Waals surface area contributed by atoms with Crippen LogP contribution in [0, 0.1) is 5.92 Å². The fourth-order valence-electron chi connectivity index (χ4n) is 3.08. The summed E-state index contributed by atoms with van der Waals surface area (Å²) in [7, 11) is 0. The van der Waals surface area contributed by atoms with Gasteiger partial charge in [0.1, 0.15) is 0 Å². The topological polar surface area (TPSA) is 29.3 Å². The largest absolute Gasteiger partial charge is 0.324 e. The van der Waals surface area contributed by atoms with Crippen LogP contribution >= 0.6 is 11.6 Å². The van der Waals surface area contributed by atoms with Crippen LogP contribution in [0.1, 0.15) is 50.6 Å². The molecule has 0 spiro atoms. The number of benzene rings is 1. The number of rotatable bonds is 5. The van der Waals surface area contributed by atoms with Crippen molar-refractivity contribution in [3.8, 4) is 0 Å². The molecular weight excluding hydrogens is 268 g/mol. The molecule has 1 heterocycles. The summed E-state index contributed by atoms with van der Waals surface area (Å²) in [5.74, 6) is 0.932. The van der Waals surface area contributed by atoms with Gasteiger partial charge in [-0.1, -0.05) is 37.1 Å². The summed E-state index contributed by atoms with van der Waals surface area (Å²) in [6.07, 6.45) is 6.42. The molecule has 2 unspecified atom stereocenters. The molecule has 1 aliphatic heterocycles. The van der Waals surface area contributed by atoms with Gasteiger partial charge in [0.15, 0.2) is 0 Å². The molecule has 1 aromatic carbocycles. The van der Waals surface area contributed by atoms with Crippen molar-refractivity contribution in [3.05, 3.63) is 34.9 Å². The first-order valence-corrected chi connectivity index (χ1v) is 8.30. The molecule has 1 fully saturated rings. The first-order valence-electron chi connectivity index (χ1n) is 7.92. The first kappa shape index (κ1) is 15.8. The molecule has 0 aromatic heterocycles. The lowest BCUT2D eigenvalue weighted by Crippen LogP contribution is -2.28. The van der Waals surface area contributed by atoms with Crippen molar-refractivity contribution >= 4 is 11.6 Å². The van der Waals surface area contributed by atoms with E-state index < -0.39 is 0 Å². The SMILES string of the molecule is CCC1CCCN(CCC(N)c2cccc(Cl)c2)CC1. The second-order valence-electron chi connectivity index (χ2n) is 6.00. The number of halogens is 1. The van der Waals surface area contributed by atoms with E-state index in [1.807, 2.05) is 18.2 Å². The van der Waals surface area contributed by atoms with Crippen molar-refractivity contribution in [3.63, 3.8) is 0 Å². The van der Waals surface area contributed by atoms with E-state index in [4.69, 9.17) is 17.3 Å². The molecule has 2 N–H and O–H groups in total. The third kappa shape index (κ3) is 4.76. The van der Waals surface area contributed by atoms with Gasteiger partial charge < -0.3 is 10.6 Å². The predicted octanol–water partition coefficient (Wildman–Crippen LogP) is 4.24. The Morgan fingerprint density at radius 1 is 1.35 bits per heavy atom. The van der Waals surface area contributed by atoms with Gasteiger partial charge in [-0.3, -0.25) is 0 Å². The average molecular weight is 295 g/mol. The molecule has 0 bridgehead atoms. The molecule has 0 aliphatic carbocycles. The lowest BCUT2D eigenvalue weighted by atomic mass is 9.98. The van der Waals surface area contributed by atoms with Crippen LogP contribution in [0.15, 0.2) is 24.3 Å². The molecule has 0 amide bonds. The number of nitrogens with two attached hydrogens (primary N) is 1. The van der Waals surface area contributed by atoms with Crippen molar-refractivity contribution in [2.24, 2.45) is 11.7 Å². The minimum absolute atomic E-state index is 0.0962. The molecular formula is C17H27ClN2. The van der Waals surface area contributed by atoms with Gasteiger partial charge in [-0.2, -0.15) is 0 Å². The van der Waals surface area contributed by atoms with Crippen LogP contribution in [0.4, 0.5) is 0 Å². The van der Waals surface area contributed by atoms with E-state index in [1.54, 1.807) is 0 Å². The van der Waals surface area contributed by atoms with E-state index in [1.165, 1.54) is 38.8 Å². The highest BCUT2D eigenvalue weighted by molar-refractivity contribution is 6.30. The van der Waals surface area contributed by atoms with Crippen LogP contribution < -0.4 is 5.73 Å². The van der Waals surface area contributed by atoms with Gasteiger partial charge in [-0.25, -0.2) is 0 Å². The van der Waals surface area contributed by atoms with Gasteiger partial charge in [0, 0.05) is 11.1 Å². The van der Waals surface area contributed by atoms with Crippen LogP contribution in [0.5, 0.6) is 0 Å². The smallest absolute Gasteiger partial charge is 0.0409 e. The second kappa shape index (κ2) is 8.02. The zero-order valence-corrected chi connectivity index (χ0v) is 13.3. The van der Waals surface area contributed by atoms with Gasteiger partial charge in [0.25, 0.3) is 0 Å². The van der Waals surface area contributed by atoms with Crippen LogP contribution in [0.25, 0.3) is 0 Å². The summed E-state index contributed by atoms with van der Waals surface area (Å²) in [5, 5.41) is 0.776. The zero-order valence-electron chi connectivity index (χ0n) is 12.5. The van der Waals surface area contributed by atoms with Crippen LogP contribution in [-0.4, -0.2) is 24.5 Å². The van der Waals surface area contributed by atoms with E-state index in [-0.39, 0.29) is 6.04 Å². The lowest BCUT2D eigenvalue weighted by molar-refractivity contribution is 0.269. The Kier molecular flexibility index (Phi) is 6.34. The summed E-state index contributed by atoms with van der Waals surface area (Å²) in [6.45, 7) is 5.89. The summed E-state index contributed by atoms with van der Waals surface area (Å²) >= 11 is 6.03. The standard InChI is InChI=1S/C17H27ClN2/c1-2-14-5-4-10-20(11-8-14)12-9-17(19)15-6-3-7-16(18)13-15/h3,6-7,13-14,17H,2,4-5,8-12,19H2,1H3. The molecule has 0 saturated carbocycles. The molecule has 112 valence electrons. The lowest BCUT2D eigenvalue weighted by Gasteiger charge is -2.22. The Morgan fingerprint density at radius 3 is 2.95 bits per heavy atom. The average Bonchev–Trinajstić information content (AvgIpc) is 2.69. The molecule has 0 radical (unpaired) electrons. The monoisotopic (exact) mass is 294 g/mol. The Hall–Kier alpha value is -0.570. The number of likely N-dealkylation sites (tertiary alicyclic amines) is 1. The van der Waals surface area contributed by atoms with Crippen molar-refractivity contribution in [2.45, 2.75) is 45.1 Å². The molecule has 1 aliphatic rings. The quantitative estimate of drug-likeness (QED) is 0.880. The minimum Gasteiger partial charge on any atom is -0.324 e. The Bertz CT molecular complexity index is 408. The molecule has 1 saturated heterocycles. The van der Waals surface area contributed by atoms with Gasteiger partial charge >= 0.3 is 0 Å². The van der Waals surface area contributed by atoms with Gasteiger partial charge in [0.2, 0.25) is 0 Å². The first-order chi connectivity index (χ1) is 9.69. The minimum atomic E-state index is 0.0962. The van der Waals surface area contributed by atoms with Crippen LogP contribution in [0.2, 0.25) is 5.02 Å². The second-order valence-corrected chi connectivity index (χ2v) is 6.43. The molecule has 3 heteroatoms. The zero-order chi connectivity index (χ0) is 14.4. The number of nitrogens with zero attached hydrogens (tertiary/aromatic N) is 1. The third-order valence-electron chi connectivity index (χ3n) is 4.55. The fourth-order valence-corrected chi connectivity index (χ4v) is 3.28. The Morgan fingerprint density at radius 2 is 2.20 bits per heavy atom. The van der Waals surface area contributed by atoms with E-state index in [0.29, 0.717) is 0 Å². The van der Waals surface area contributed by atoms with Gasteiger partial charge in [-0.05, 0) is 68.9 Å². The van der Waals surface area contributed by atoms with Crippen molar-refractivity contribution in [1.29, 1.82) is 0 Å². The Labute approximate surface area is 128 Å². The maximum absolute atomic E-state index is 6.29. The molecule has 2 atom stereocenters. The fraction of sp³-hybridized carbons (Fsp3) is 0.647. The van der Waals surface area contributed by atoms with Crippen LogP contribution in [0.3, 0.4) is 0 Å². The normalized spacial score (nSPS) is 22.4. The van der Waals surface area contributed by atoms with Crippen molar-refractivity contribution in [1.82, 2.24) is 4.90 Å². The van der Waals surface area contributed by atoms with E-state index in [2.05, 4.69) is 17.9 Å².